The molecule has 5 nitrogen and oxygen atoms in total. The maximum atomic E-state index is 12.3. The number of hydrogen-bond acceptors (Lipinski definition) is 4. The van der Waals surface area contributed by atoms with Crippen molar-refractivity contribution in [1.29, 1.82) is 0 Å². The summed E-state index contributed by atoms with van der Waals surface area (Å²) in [6, 6.07) is 17.4. The molecular formula is C20H21N3O2S. The van der Waals surface area contributed by atoms with E-state index in [1.807, 2.05) is 42.8 Å². The number of aromatic amines is 1. The van der Waals surface area contributed by atoms with Crippen LogP contribution < -0.4 is 10.9 Å². The SMILES string of the molecule is CN(CCNC(=O)c1ccc(-c2cccs2)[nH]c1=O)Cc1ccccc1. The van der Waals surface area contributed by atoms with Crippen molar-refractivity contribution >= 4 is 17.2 Å². The molecule has 0 aliphatic carbocycles. The Bertz CT molecular complexity index is 904. The fourth-order valence-electron chi connectivity index (χ4n) is 2.66. The van der Waals surface area contributed by atoms with Gasteiger partial charge in [0.25, 0.3) is 11.5 Å². The van der Waals surface area contributed by atoms with Crippen LogP contribution in [0.4, 0.5) is 0 Å². The van der Waals surface area contributed by atoms with Crippen LogP contribution in [-0.4, -0.2) is 35.9 Å². The summed E-state index contributed by atoms with van der Waals surface area (Å²) in [4.78, 5) is 30.3. The molecule has 1 amide bonds. The van der Waals surface area contributed by atoms with Crippen LogP contribution in [0.1, 0.15) is 15.9 Å². The molecule has 0 saturated heterocycles. The number of likely N-dealkylation sites (N-methyl/N-ethyl adjacent to an activating group) is 1. The first-order valence-corrected chi connectivity index (χ1v) is 9.29. The van der Waals surface area contributed by atoms with Crippen molar-refractivity contribution in [3.8, 4) is 10.6 Å². The monoisotopic (exact) mass is 367 g/mol. The van der Waals surface area contributed by atoms with Crippen molar-refractivity contribution in [2.75, 3.05) is 20.1 Å². The van der Waals surface area contributed by atoms with Crippen LogP contribution in [0.15, 0.2) is 64.8 Å². The van der Waals surface area contributed by atoms with Crippen LogP contribution in [0.3, 0.4) is 0 Å². The maximum absolute atomic E-state index is 12.3. The summed E-state index contributed by atoms with van der Waals surface area (Å²) in [6.45, 7) is 1.99. The average molecular weight is 367 g/mol. The van der Waals surface area contributed by atoms with E-state index in [-0.39, 0.29) is 17.0 Å². The van der Waals surface area contributed by atoms with Gasteiger partial charge in [-0.1, -0.05) is 36.4 Å². The molecular weight excluding hydrogens is 346 g/mol. The highest BCUT2D eigenvalue weighted by atomic mass is 32.1. The second-order valence-corrected chi connectivity index (χ2v) is 7.02. The number of pyridine rings is 1. The first-order chi connectivity index (χ1) is 12.6. The number of amides is 1. The molecule has 0 unspecified atom stereocenters. The van der Waals surface area contributed by atoms with Crippen LogP contribution in [-0.2, 0) is 6.54 Å². The Morgan fingerprint density at radius 1 is 1.12 bits per heavy atom. The lowest BCUT2D eigenvalue weighted by molar-refractivity contribution is 0.0948. The highest BCUT2D eigenvalue weighted by Crippen LogP contribution is 2.21. The summed E-state index contributed by atoms with van der Waals surface area (Å²) in [6.07, 6.45) is 0. The molecule has 0 bridgehead atoms. The molecule has 0 saturated carbocycles. The first kappa shape index (κ1) is 18.1. The van der Waals surface area contributed by atoms with Crippen LogP contribution >= 0.6 is 11.3 Å². The third-order valence-corrected chi connectivity index (χ3v) is 4.92. The minimum atomic E-state index is -0.369. The van der Waals surface area contributed by atoms with Gasteiger partial charge < -0.3 is 15.2 Å². The van der Waals surface area contributed by atoms with E-state index in [2.05, 4.69) is 27.3 Å². The number of benzene rings is 1. The van der Waals surface area contributed by atoms with Crippen LogP contribution in [0.2, 0.25) is 0 Å². The van der Waals surface area contributed by atoms with Crippen molar-refractivity contribution in [2.24, 2.45) is 0 Å². The topological polar surface area (TPSA) is 65.2 Å². The molecule has 6 heteroatoms. The number of thiophene rings is 1. The minimum Gasteiger partial charge on any atom is -0.351 e. The van der Waals surface area contributed by atoms with Crippen LogP contribution in [0.25, 0.3) is 10.6 Å². The predicted octanol–water partition coefficient (Wildman–Crippen LogP) is 2.97. The Balaban J connectivity index is 1.53. The molecule has 3 aromatic rings. The molecule has 0 aliphatic rings. The maximum Gasteiger partial charge on any atom is 0.261 e. The first-order valence-electron chi connectivity index (χ1n) is 8.41. The summed E-state index contributed by atoms with van der Waals surface area (Å²) in [7, 11) is 2.00. The summed E-state index contributed by atoms with van der Waals surface area (Å²) in [5.41, 5.74) is 1.72. The molecule has 2 aromatic heterocycles. The van der Waals surface area contributed by atoms with Crippen LogP contribution in [0.5, 0.6) is 0 Å². The van der Waals surface area contributed by atoms with Crippen molar-refractivity contribution in [3.63, 3.8) is 0 Å². The fourth-order valence-corrected chi connectivity index (χ4v) is 3.36. The highest BCUT2D eigenvalue weighted by molar-refractivity contribution is 7.13. The number of hydrogen-bond donors (Lipinski definition) is 2. The molecule has 1 aromatic carbocycles. The Morgan fingerprint density at radius 3 is 2.62 bits per heavy atom. The molecule has 0 fully saturated rings. The minimum absolute atomic E-state index is 0.135. The number of nitrogens with zero attached hydrogens (tertiary/aromatic N) is 1. The fraction of sp³-hybridized carbons (Fsp3) is 0.200. The molecule has 2 heterocycles. The highest BCUT2D eigenvalue weighted by Gasteiger charge is 2.11. The molecule has 0 spiro atoms. The largest absolute Gasteiger partial charge is 0.351 e. The van der Waals surface area contributed by atoms with Gasteiger partial charge in [0.05, 0.1) is 10.6 Å². The Hall–Kier alpha value is -2.70. The van der Waals surface area contributed by atoms with Gasteiger partial charge in [-0.2, -0.15) is 0 Å². The van der Waals surface area contributed by atoms with Crippen molar-refractivity contribution in [3.05, 3.63) is 81.5 Å². The van der Waals surface area contributed by atoms with Gasteiger partial charge in [-0.15, -0.1) is 11.3 Å². The van der Waals surface area contributed by atoms with E-state index >= 15 is 0 Å². The predicted molar refractivity (Wildman–Crippen MR) is 105 cm³/mol. The van der Waals surface area contributed by atoms with E-state index in [4.69, 9.17) is 0 Å². The van der Waals surface area contributed by atoms with E-state index in [0.717, 1.165) is 17.1 Å². The Kier molecular flexibility index (Phi) is 5.99. The van der Waals surface area contributed by atoms with Gasteiger partial charge in [0.15, 0.2) is 0 Å². The van der Waals surface area contributed by atoms with Gasteiger partial charge >= 0.3 is 0 Å². The molecule has 134 valence electrons. The smallest absolute Gasteiger partial charge is 0.261 e. The standard InChI is InChI=1S/C20H21N3O2S/c1-23(14-15-6-3-2-4-7-15)12-11-21-19(24)16-9-10-17(22-20(16)25)18-8-5-13-26-18/h2-10,13H,11-12,14H2,1H3,(H,21,24)(H,22,25). The normalized spacial score (nSPS) is 10.8. The van der Waals surface area contributed by atoms with E-state index in [1.54, 1.807) is 23.5 Å². The molecule has 2 N–H and O–H groups in total. The zero-order chi connectivity index (χ0) is 18.4. The van der Waals surface area contributed by atoms with Crippen molar-refractivity contribution in [1.82, 2.24) is 15.2 Å². The van der Waals surface area contributed by atoms with Gasteiger partial charge in [-0.05, 0) is 36.2 Å². The third kappa shape index (κ3) is 4.68. The zero-order valence-electron chi connectivity index (χ0n) is 14.6. The van der Waals surface area contributed by atoms with Crippen molar-refractivity contribution < 1.29 is 4.79 Å². The Labute approximate surface area is 156 Å². The van der Waals surface area contributed by atoms with Gasteiger partial charge in [0.2, 0.25) is 0 Å². The lowest BCUT2D eigenvalue weighted by Gasteiger charge is -2.17. The van der Waals surface area contributed by atoms with Gasteiger partial charge in [0.1, 0.15) is 5.56 Å². The van der Waals surface area contributed by atoms with E-state index in [9.17, 15) is 9.59 Å². The lowest BCUT2D eigenvalue weighted by Crippen LogP contribution is -2.35. The quantitative estimate of drug-likeness (QED) is 0.675. The number of carbonyl (C=O) groups excluding carboxylic acids is 1. The van der Waals surface area contributed by atoms with Crippen molar-refractivity contribution in [2.45, 2.75) is 6.54 Å². The number of carbonyl (C=O) groups is 1. The van der Waals surface area contributed by atoms with Gasteiger partial charge in [-0.3, -0.25) is 9.59 Å². The van der Waals surface area contributed by atoms with Crippen LogP contribution in [0, 0.1) is 0 Å². The van der Waals surface area contributed by atoms with E-state index in [0.29, 0.717) is 13.1 Å². The second kappa shape index (κ2) is 8.60. The summed E-state index contributed by atoms with van der Waals surface area (Å²) < 4.78 is 0. The number of rotatable bonds is 7. The third-order valence-electron chi connectivity index (χ3n) is 4.02. The van der Waals surface area contributed by atoms with Gasteiger partial charge in [0, 0.05) is 19.6 Å². The van der Waals surface area contributed by atoms with Gasteiger partial charge in [-0.25, -0.2) is 0 Å². The zero-order valence-corrected chi connectivity index (χ0v) is 15.4. The lowest BCUT2D eigenvalue weighted by atomic mass is 10.2. The van der Waals surface area contributed by atoms with E-state index < -0.39 is 0 Å². The summed E-state index contributed by atoms with van der Waals surface area (Å²) >= 11 is 1.54. The van der Waals surface area contributed by atoms with E-state index in [1.165, 1.54) is 5.56 Å². The average Bonchev–Trinajstić information content (AvgIpc) is 3.17. The molecule has 0 atom stereocenters. The molecule has 0 radical (unpaired) electrons. The molecule has 26 heavy (non-hydrogen) atoms. The number of H-pyrrole nitrogens is 1. The summed E-state index contributed by atoms with van der Waals surface area (Å²) in [5.74, 6) is -0.350. The Morgan fingerprint density at radius 2 is 1.92 bits per heavy atom. The second-order valence-electron chi connectivity index (χ2n) is 6.07. The number of aromatic nitrogens is 1. The molecule has 0 aliphatic heterocycles. The number of nitrogens with one attached hydrogen (secondary N) is 2. The summed E-state index contributed by atoms with van der Waals surface area (Å²) in [5, 5.41) is 4.76. The molecule has 3 rings (SSSR count).